The summed E-state index contributed by atoms with van der Waals surface area (Å²) in [5.41, 5.74) is 6.00. The van der Waals surface area contributed by atoms with Crippen LogP contribution in [0.25, 0.3) is 0 Å². The van der Waals surface area contributed by atoms with Crippen LogP contribution in [0.15, 0.2) is 42.0 Å². The summed E-state index contributed by atoms with van der Waals surface area (Å²) >= 11 is 0. The molecule has 0 amide bonds. The molecule has 0 saturated carbocycles. The van der Waals surface area contributed by atoms with E-state index in [2.05, 4.69) is 31.0 Å². The van der Waals surface area contributed by atoms with Gasteiger partial charge in [-0.25, -0.2) is 0 Å². The Bertz CT molecular complexity index is 519. The van der Waals surface area contributed by atoms with Gasteiger partial charge in [0.05, 0.1) is 11.6 Å². The van der Waals surface area contributed by atoms with Crippen LogP contribution in [0.1, 0.15) is 52.2 Å². The zero-order chi connectivity index (χ0) is 18.5. The molecular formula is C20H32N2O2. The number of hydrogen-bond donors (Lipinski definition) is 1. The fraction of sp³-hybridized carbons (Fsp3) is 0.500. The van der Waals surface area contributed by atoms with Crippen LogP contribution in [0.5, 0.6) is 0 Å². The molecule has 1 N–H and O–H groups in total. The van der Waals surface area contributed by atoms with E-state index in [0.29, 0.717) is 12.5 Å². The van der Waals surface area contributed by atoms with Gasteiger partial charge in [0.15, 0.2) is 0 Å². The van der Waals surface area contributed by atoms with Crippen LogP contribution in [0.2, 0.25) is 0 Å². The van der Waals surface area contributed by atoms with Gasteiger partial charge in [0.2, 0.25) is 0 Å². The predicted octanol–water partition coefficient (Wildman–Crippen LogP) is 4.55. The molecule has 134 valence electrons. The van der Waals surface area contributed by atoms with Gasteiger partial charge < -0.3 is 10.2 Å². The summed E-state index contributed by atoms with van der Waals surface area (Å²) in [5, 5.41) is 4.37. The van der Waals surface area contributed by atoms with Crippen LogP contribution in [-0.2, 0) is 16.1 Å². The third-order valence-electron chi connectivity index (χ3n) is 3.41. The van der Waals surface area contributed by atoms with Crippen LogP contribution in [0, 0.1) is 11.8 Å². The highest BCUT2D eigenvalue weighted by atomic mass is 16.5. The number of hydrazone groups is 1. The van der Waals surface area contributed by atoms with Crippen LogP contribution in [-0.4, -0.2) is 18.7 Å². The Hall–Kier alpha value is -2.10. The maximum Gasteiger partial charge on any atom is 0.308 e. The van der Waals surface area contributed by atoms with Crippen molar-refractivity contribution in [2.45, 2.75) is 47.6 Å². The van der Waals surface area contributed by atoms with E-state index in [0.717, 1.165) is 23.3 Å². The zero-order valence-corrected chi connectivity index (χ0v) is 15.9. The van der Waals surface area contributed by atoms with Gasteiger partial charge in [-0.3, -0.25) is 4.79 Å². The Labute approximate surface area is 147 Å². The van der Waals surface area contributed by atoms with E-state index >= 15 is 0 Å². The molecule has 0 saturated heterocycles. The van der Waals surface area contributed by atoms with Gasteiger partial charge in [0.1, 0.15) is 6.61 Å². The number of carbonyl (C=O) groups excluding carboxylic acids is 1. The lowest BCUT2D eigenvalue weighted by Crippen LogP contribution is -2.16. The van der Waals surface area contributed by atoms with Crippen molar-refractivity contribution in [1.82, 2.24) is 5.43 Å². The Balaban J connectivity index is 0.00000163. The maximum absolute atomic E-state index is 11.5. The number of nitrogens with one attached hydrogen (secondary N) is 1. The third kappa shape index (κ3) is 7.95. The first-order valence-corrected chi connectivity index (χ1v) is 8.48. The minimum atomic E-state index is -0.170. The van der Waals surface area contributed by atoms with E-state index < -0.39 is 0 Å². The summed E-state index contributed by atoms with van der Waals surface area (Å²) in [6, 6.07) is 8.02. The molecule has 4 nitrogen and oxygen atoms in total. The highest BCUT2D eigenvalue weighted by Gasteiger charge is 2.12. The van der Waals surface area contributed by atoms with Crippen molar-refractivity contribution in [1.29, 1.82) is 0 Å². The number of ether oxygens (including phenoxy) is 1. The maximum atomic E-state index is 11.5. The van der Waals surface area contributed by atoms with Gasteiger partial charge in [-0.05, 0) is 24.5 Å². The van der Waals surface area contributed by atoms with E-state index in [-0.39, 0.29) is 11.9 Å². The average molecular weight is 332 g/mol. The average Bonchev–Trinajstić information content (AvgIpc) is 2.58. The fourth-order valence-electron chi connectivity index (χ4n) is 1.87. The van der Waals surface area contributed by atoms with E-state index in [1.807, 2.05) is 52.1 Å². The summed E-state index contributed by atoms with van der Waals surface area (Å²) in [7, 11) is 1.81. The standard InChI is InChI=1S/C17H26N2O2.C3H6/c1-6-13(4)16(19-18-5)15-9-7-14(8-10-15)11-21-17(20)12(2)3;1-3-2/h7-10,12-13,18H,6,11H2,1-5H3;3H,1H2,2H3/b19-16+;. The van der Waals surface area contributed by atoms with Crippen molar-refractivity contribution >= 4 is 11.7 Å². The highest BCUT2D eigenvalue weighted by Crippen LogP contribution is 2.15. The van der Waals surface area contributed by atoms with Crippen LogP contribution in [0.3, 0.4) is 0 Å². The molecule has 4 heteroatoms. The molecule has 0 aliphatic heterocycles. The number of nitrogens with zero attached hydrogens (tertiary/aromatic N) is 1. The Kier molecular flexibility index (Phi) is 11.3. The molecule has 0 heterocycles. The summed E-state index contributed by atoms with van der Waals surface area (Å²) in [5.74, 6) is 0.127. The van der Waals surface area contributed by atoms with Gasteiger partial charge in [0, 0.05) is 13.0 Å². The summed E-state index contributed by atoms with van der Waals surface area (Å²) in [6.45, 7) is 13.5. The molecule has 0 radical (unpaired) electrons. The fourth-order valence-corrected chi connectivity index (χ4v) is 1.87. The molecular weight excluding hydrogens is 300 g/mol. The lowest BCUT2D eigenvalue weighted by molar-refractivity contribution is -0.148. The summed E-state index contributed by atoms with van der Waals surface area (Å²) in [4.78, 5) is 11.5. The SMILES string of the molecule is C=CC.CCC(C)/C(=N\NC)c1ccc(COC(=O)C(C)C)cc1. The molecule has 24 heavy (non-hydrogen) atoms. The Morgan fingerprint density at radius 2 is 1.83 bits per heavy atom. The van der Waals surface area contributed by atoms with Crippen molar-refractivity contribution in [3.63, 3.8) is 0 Å². The van der Waals surface area contributed by atoms with Crippen LogP contribution < -0.4 is 5.43 Å². The molecule has 1 atom stereocenters. The molecule has 1 rings (SSSR count). The highest BCUT2D eigenvalue weighted by molar-refractivity contribution is 6.01. The second-order valence-electron chi connectivity index (χ2n) is 5.90. The predicted molar refractivity (Wildman–Crippen MR) is 102 cm³/mol. The molecule has 1 aromatic rings. The number of allylic oxidation sites excluding steroid dienone is 1. The second kappa shape index (κ2) is 12.3. The van der Waals surface area contributed by atoms with Crippen molar-refractivity contribution in [3.05, 3.63) is 48.0 Å². The molecule has 0 aliphatic carbocycles. The van der Waals surface area contributed by atoms with Crippen molar-refractivity contribution in [2.24, 2.45) is 16.9 Å². The first-order chi connectivity index (χ1) is 11.4. The molecule has 0 aliphatic rings. The third-order valence-corrected chi connectivity index (χ3v) is 3.41. The van der Waals surface area contributed by atoms with Crippen molar-refractivity contribution in [3.8, 4) is 0 Å². The minimum absolute atomic E-state index is 0.0935. The molecule has 1 unspecified atom stereocenters. The molecule has 0 aromatic heterocycles. The molecule has 0 bridgehead atoms. The van der Waals surface area contributed by atoms with E-state index in [1.165, 1.54) is 0 Å². The van der Waals surface area contributed by atoms with Crippen molar-refractivity contribution in [2.75, 3.05) is 7.05 Å². The quantitative estimate of drug-likeness (QED) is 0.345. The Morgan fingerprint density at radius 1 is 1.29 bits per heavy atom. The monoisotopic (exact) mass is 332 g/mol. The van der Waals surface area contributed by atoms with Gasteiger partial charge >= 0.3 is 5.97 Å². The summed E-state index contributed by atoms with van der Waals surface area (Å²) in [6.07, 6.45) is 2.79. The van der Waals surface area contributed by atoms with E-state index in [9.17, 15) is 4.79 Å². The molecule has 0 spiro atoms. The van der Waals surface area contributed by atoms with Gasteiger partial charge in [-0.1, -0.05) is 58.0 Å². The first kappa shape index (κ1) is 21.9. The Morgan fingerprint density at radius 3 is 2.25 bits per heavy atom. The van der Waals surface area contributed by atoms with Gasteiger partial charge in [0.25, 0.3) is 0 Å². The topological polar surface area (TPSA) is 50.7 Å². The summed E-state index contributed by atoms with van der Waals surface area (Å²) < 4.78 is 5.22. The smallest absolute Gasteiger partial charge is 0.308 e. The van der Waals surface area contributed by atoms with Crippen LogP contribution in [0.4, 0.5) is 0 Å². The number of benzene rings is 1. The van der Waals surface area contributed by atoms with Gasteiger partial charge in [-0.15, -0.1) is 6.58 Å². The minimum Gasteiger partial charge on any atom is -0.461 e. The largest absolute Gasteiger partial charge is 0.461 e. The number of carbonyl (C=O) groups is 1. The zero-order valence-electron chi connectivity index (χ0n) is 15.9. The molecule has 1 aromatic carbocycles. The molecule has 0 fully saturated rings. The van der Waals surface area contributed by atoms with Crippen LogP contribution >= 0.6 is 0 Å². The van der Waals surface area contributed by atoms with Gasteiger partial charge in [-0.2, -0.15) is 5.10 Å². The second-order valence-corrected chi connectivity index (χ2v) is 5.90. The number of esters is 1. The first-order valence-electron chi connectivity index (χ1n) is 8.48. The van der Waals surface area contributed by atoms with Crippen molar-refractivity contribution < 1.29 is 9.53 Å². The number of hydrogen-bond acceptors (Lipinski definition) is 4. The van der Waals surface area contributed by atoms with E-state index in [1.54, 1.807) is 6.08 Å². The number of rotatable bonds is 7. The van der Waals surface area contributed by atoms with E-state index in [4.69, 9.17) is 4.74 Å². The lowest BCUT2D eigenvalue weighted by atomic mass is 9.95. The lowest BCUT2D eigenvalue weighted by Gasteiger charge is -2.13. The normalized spacial score (nSPS) is 12.0.